The Hall–Kier alpha value is -0.910. The number of nitrogens with two attached hydrogens (primary N) is 1. The molecule has 1 fully saturated rings. The van der Waals surface area contributed by atoms with Crippen molar-refractivity contribution in [2.45, 2.75) is 22.6 Å². The van der Waals surface area contributed by atoms with Gasteiger partial charge in [-0.3, -0.25) is 4.21 Å². The van der Waals surface area contributed by atoms with E-state index in [1.54, 1.807) is 7.11 Å². The van der Waals surface area contributed by atoms with Gasteiger partial charge in [0, 0.05) is 17.5 Å². The van der Waals surface area contributed by atoms with Gasteiger partial charge in [-0.15, -0.1) is 0 Å². The van der Waals surface area contributed by atoms with Crippen molar-refractivity contribution >= 4 is 10.8 Å². The number of hydrogen-bond acceptors (Lipinski definition) is 4. The Morgan fingerprint density at radius 3 is 2.71 bits per heavy atom. The second kappa shape index (κ2) is 5.62. The monoisotopic (exact) mass is 255 g/mol. The van der Waals surface area contributed by atoms with Gasteiger partial charge < -0.3 is 15.2 Å². The van der Waals surface area contributed by atoms with Crippen molar-refractivity contribution in [1.29, 1.82) is 0 Å². The Kier molecular flexibility index (Phi) is 4.15. The number of ether oxygens (including phenoxy) is 2. The highest BCUT2D eigenvalue weighted by molar-refractivity contribution is 7.85. The molecular formula is C12H17NO3S. The Balaban J connectivity index is 2.12. The zero-order valence-electron chi connectivity index (χ0n) is 9.80. The standard InChI is InChI=1S/C12H17NO3S/c1-15-9-2-4-10(5-3-9)17(14)12-8-16-7-6-11(12)13/h2-5,11-12H,6-8,13H2,1H3. The summed E-state index contributed by atoms with van der Waals surface area (Å²) in [7, 11) is 0.492. The zero-order valence-corrected chi connectivity index (χ0v) is 10.6. The van der Waals surface area contributed by atoms with Crippen LogP contribution in [0.3, 0.4) is 0 Å². The fraction of sp³-hybridized carbons (Fsp3) is 0.500. The van der Waals surface area contributed by atoms with E-state index < -0.39 is 10.8 Å². The molecule has 1 aliphatic heterocycles. The van der Waals surface area contributed by atoms with Gasteiger partial charge in [0.2, 0.25) is 0 Å². The first-order valence-electron chi connectivity index (χ1n) is 5.60. The van der Waals surface area contributed by atoms with Crippen LogP contribution in [0.1, 0.15) is 6.42 Å². The first-order chi connectivity index (χ1) is 8.22. The van der Waals surface area contributed by atoms with Crippen molar-refractivity contribution in [3.8, 4) is 5.75 Å². The van der Waals surface area contributed by atoms with Crippen molar-refractivity contribution in [2.24, 2.45) is 5.73 Å². The predicted octanol–water partition coefficient (Wildman–Crippen LogP) is 0.919. The van der Waals surface area contributed by atoms with Crippen LogP contribution < -0.4 is 10.5 Å². The molecule has 1 aromatic rings. The Bertz CT molecular complexity index is 393. The van der Waals surface area contributed by atoms with Crippen LogP contribution in [0.25, 0.3) is 0 Å². The maximum Gasteiger partial charge on any atom is 0.118 e. The second-order valence-corrected chi connectivity index (χ2v) is 5.71. The summed E-state index contributed by atoms with van der Waals surface area (Å²) in [5.74, 6) is 0.759. The van der Waals surface area contributed by atoms with Gasteiger partial charge in [-0.25, -0.2) is 0 Å². The van der Waals surface area contributed by atoms with E-state index in [0.717, 1.165) is 17.1 Å². The van der Waals surface area contributed by atoms with Crippen molar-refractivity contribution in [2.75, 3.05) is 20.3 Å². The van der Waals surface area contributed by atoms with Gasteiger partial charge >= 0.3 is 0 Å². The van der Waals surface area contributed by atoms with Crippen LogP contribution in [0.4, 0.5) is 0 Å². The third-order valence-corrected chi connectivity index (χ3v) is 4.69. The molecule has 0 aromatic heterocycles. The van der Waals surface area contributed by atoms with Crippen LogP contribution in [0.15, 0.2) is 29.2 Å². The fourth-order valence-electron chi connectivity index (χ4n) is 1.83. The average molecular weight is 255 g/mol. The van der Waals surface area contributed by atoms with Crippen molar-refractivity contribution in [1.82, 2.24) is 0 Å². The molecule has 0 saturated carbocycles. The van der Waals surface area contributed by atoms with Crippen molar-refractivity contribution < 1.29 is 13.7 Å². The first kappa shape index (κ1) is 12.5. The van der Waals surface area contributed by atoms with E-state index in [9.17, 15) is 4.21 Å². The number of hydrogen-bond donors (Lipinski definition) is 1. The molecule has 94 valence electrons. The van der Waals surface area contributed by atoms with Gasteiger partial charge in [-0.05, 0) is 30.7 Å². The highest BCUT2D eigenvalue weighted by Crippen LogP contribution is 2.20. The average Bonchev–Trinajstić information content (AvgIpc) is 2.39. The molecule has 1 aromatic carbocycles. The number of benzene rings is 1. The largest absolute Gasteiger partial charge is 0.497 e. The molecule has 2 N–H and O–H groups in total. The van der Waals surface area contributed by atoms with Crippen molar-refractivity contribution in [3.05, 3.63) is 24.3 Å². The molecule has 0 spiro atoms. The SMILES string of the molecule is COc1ccc(S(=O)C2COCCC2N)cc1. The molecule has 0 radical (unpaired) electrons. The minimum atomic E-state index is -1.12. The lowest BCUT2D eigenvalue weighted by atomic mass is 10.1. The van der Waals surface area contributed by atoms with Gasteiger partial charge in [0.25, 0.3) is 0 Å². The minimum Gasteiger partial charge on any atom is -0.497 e. The quantitative estimate of drug-likeness (QED) is 0.872. The highest BCUT2D eigenvalue weighted by Gasteiger charge is 2.28. The molecule has 1 aliphatic rings. The van der Waals surface area contributed by atoms with Gasteiger partial charge in [0.05, 0.1) is 29.8 Å². The molecule has 4 nitrogen and oxygen atoms in total. The minimum absolute atomic E-state index is 0.0494. The fourth-order valence-corrected chi connectivity index (χ4v) is 3.26. The lowest BCUT2D eigenvalue weighted by molar-refractivity contribution is 0.0904. The van der Waals surface area contributed by atoms with Gasteiger partial charge in [-0.1, -0.05) is 0 Å². The van der Waals surface area contributed by atoms with E-state index in [2.05, 4.69) is 0 Å². The maximum atomic E-state index is 12.3. The van der Waals surface area contributed by atoms with Gasteiger partial charge in [0.1, 0.15) is 5.75 Å². The smallest absolute Gasteiger partial charge is 0.118 e. The summed E-state index contributed by atoms with van der Waals surface area (Å²) in [5, 5.41) is -0.114. The third kappa shape index (κ3) is 2.86. The lowest BCUT2D eigenvalue weighted by Crippen LogP contribution is -2.45. The van der Waals surface area contributed by atoms with Gasteiger partial charge in [-0.2, -0.15) is 0 Å². The molecule has 2 rings (SSSR count). The van der Waals surface area contributed by atoms with E-state index in [1.807, 2.05) is 24.3 Å². The van der Waals surface area contributed by atoms with E-state index >= 15 is 0 Å². The summed E-state index contributed by atoms with van der Waals surface area (Å²) in [6.07, 6.45) is 0.770. The normalized spacial score (nSPS) is 26.5. The molecule has 0 aliphatic carbocycles. The zero-order chi connectivity index (χ0) is 12.3. The van der Waals surface area contributed by atoms with Crippen LogP contribution in [-0.2, 0) is 15.5 Å². The molecule has 17 heavy (non-hydrogen) atoms. The maximum absolute atomic E-state index is 12.3. The van der Waals surface area contributed by atoms with Crippen LogP contribution in [0.2, 0.25) is 0 Å². The van der Waals surface area contributed by atoms with E-state index in [4.69, 9.17) is 15.2 Å². The Morgan fingerprint density at radius 1 is 1.41 bits per heavy atom. The van der Waals surface area contributed by atoms with E-state index in [0.29, 0.717) is 13.2 Å². The van der Waals surface area contributed by atoms with Crippen molar-refractivity contribution in [3.63, 3.8) is 0 Å². The molecule has 3 atom stereocenters. The third-order valence-electron chi connectivity index (χ3n) is 2.92. The summed E-state index contributed by atoms with van der Waals surface area (Å²) in [5.41, 5.74) is 5.98. The first-order valence-corrected chi connectivity index (χ1v) is 6.81. The summed E-state index contributed by atoms with van der Waals surface area (Å²) in [6, 6.07) is 7.20. The molecule has 0 bridgehead atoms. The van der Waals surface area contributed by atoms with Crippen LogP contribution in [-0.4, -0.2) is 35.8 Å². The molecule has 1 saturated heterocycles. The Labute approximate surface area is 104 Å². The van der Waals surface area contributed by atoms with Gasteiger partial charge in [0.15, 0.2) is 0 Å². The number of rotatable bonds is 3. The van der Waals surface area contributed by atoms with Crippen LogP contribution in [0, 0.1) is 0 Å². The molecule has 3 unspecified atom stereocenters. The predicted molar refractivity (Wildman–Crippen MR) is 66.6 cm³/mol. The molecule has 5 heteroatoms. The summed E-state index contributed by atoms with van der Waals surface area (Å²) in [4.78, 5) is 0.775. The van der Waals surface area contributed by atoms with E-state index in [1.165, 1.54) is 0 Å². The molecule has 1 heterocycles. The number of methoxy groups -OCH3 is 1. The van der Waals surface area contributed by atoms with E-state index in [-0.39, 0.29) is 11.3 Å². The molecule has 0 amide bonds. The summed E-state index contributed by atoms with van der Waals surface area (Å²) in [6.45, 7) is 1.14. The lowest BCUT2D eigenvalue weighted by Gasteiger charge is -2.27. The van der Waals surface area contributed by atoms with Crippen LogP contribution >= 0.6 is 0 Å². The van der Waals surface area contributed by atoms with Crippen LogP contribution in [0.5, 0.6) is 5.75 Å². The second-order valence-electron chi connectivity index (χ2n) is 4.04. The molecular weight excluding hydrogens is 238 g/mol. The topological polar surface area (TPSA) is 61.5 Å². The Morgan fingerprint density at radius 2 is 2.12 bits per heavy atom. The summed E-state index contributed by atoms with van der Waals surface area (Å²) >= 11 is 0. The highest BCUT2D eigenvalue weighted by atomic mass is 32.2. The summed E-state index contributed by atoms with van der Waals surface area (Å²) < 4.78 is 22.7.